The lowest BCUT2D eigenvalue weighted by molar-refractivity contribution is -0.130. The predicted octanol–water partition coefficient (Wildman–Crippen LogP) is 1.49. The Kier molecular flexibility index (Phi) is 6.92. The van der Waals surface area contributed by atoms with Gasteiger partial charge in [-0.05, 0) is 57.2 Å². The molecule has 194 valence electrons. The Bertz CT molecular complexity index is 1200. The molecule has 2 aromatic rings. The molecular weight excluding hydrogens is 469 g/mol. The molecular formula is C25H32FN5O5. The summed E-state index contributed by atoms with van der Waals surface area (Å²) in [6, 6.07) is 2.17. The SMILES string of the molecule is COc1ccc(F)c2[nH]c(C(=O)NC(CC3CC3)C(=O)NC(C[C@@H]3CC(C)(C)NC3=O)C(N)=O)cc12. The molecule has 1 aromatic heterocycles. The van der Waals surface area contributed by atoms with Gasteiger partial charge in [0.1, 0.15) is 29.3 Å². The van der Waals surface area contributed by atoms with Crippen LogP contribution >= 0.6 is 0 Å². The van der Waals surface area contributed by atoms with Gasteiger partial charge in [-0.2, -0.15) is 0 Å². The first-order valence-corrected chi connectivity index (χ1v) is 12.0. The van der Waals surface area contributed by atoms with Gasteiger partial charge in [0.2, 0.25) is 17.7 Å². The van der Waals surface area contributed by atoms with E-state index in [4.69, 9.17) is 10.5 Å². The largest absolute Gasteiger partial charge is 0.496 e. The molecule has 1 aromatic carbocycles. The quantitative estimate of drug-likeness (QED) is 0.334. The Balaban J connectivity index is 1.48. The molecule has 11 heteroatoms. The first kappa shape index (κ1) is 25.5. The number of carbonyl (C=O) groups is 4. The number of carbonyl (C=O) groups excluding carboxylic acids is 4. The van der Waals surface area contributed by atoms with Gasteiger partial charge in [0.05, 0.1) is 12.6 Å². The molecule has 6 N–H and O–H groups in total. The number of ether oxygens (including phenoxy) is 1. The highest BCUT2D eigenvalue weighted by Gasteiger charge is 2.40. The zero-order valence-electron chi connectivity index (χ0n) is 20.6. The van der Waals surface area contributed by atoms with Crippen molar-refractivity contribution in [2.75, 3.05) is 7.11 Å². The van der Waals surface area contributed by atoms with E-state index in [-0.39, 0.29) is 29.5 Å². The van der Waals surface area contributed by atoms with E-state index in [9.17, 15) is 23.6 Å². The zero-order chi connectivity index (χ0) is 26.2. The molecule has 4 amide bonds. The van der Waals surface area contributed by atoms with E-state index >= 15 is 0 Å². The van der Waals surface area contributed by atoms with Gasteiger partial charge in [-0.3, -0.25) is 19.2 Å². The summed E-state index contributed by atoms with van der Waals surface area (Å²) in [4.78, 5) is 53.4. The van der Waals surface area contributed by atoms with E-state index in [0.717, 1.165) is 12.8 Å². The van der Waals surface area contributed by atoms with Crippen molar-refractivity contribution in [1.82, 2.24) is 20.9 Å². The molecule has 1 saturated carbocycles. The zero-order valence-corrected chi connectivity index (χ0v) is 20.6. The fourth-order valence-corrected chi connectivity index (χ4v) is 4.80. The van der Waals surface area contributed by atoms with Gasteiger partial charge in [-0.1, -0.05) is 12.8 Å². The Labute approximate surface area is 207 Å². The lowest BCUT2D eigenvalue weighted by Crippen LogP contribution is -2.53. The van der Waals surface area contributed by atoms with Crippen LogP contribution in [0.5, 0.6) is 5.75 Å². The van der Waals surface area contributed by atoms with Gasteiger partial charge < -0.3 is 31.4 Å². The van der Waals surface area contributed by atoms with E-state index in [2.05, 4.69) is 20.9 Å². The van der Waals surface area contributed by atoms with Crippen molar-refractivity contribution in [2.45, 2.75) is 63.6 Å². The Morgan fingerprint density at radius 1 is 1.19 bits per heavy atom. The lowest BCUT2D eigenvalue weighted by atomic mass is 9.91. The highest BCUT2D eigenvalue weighted by atomic mass is 19.1. The summed E-state index contributed by atoms with van der Waals surface area (Å²) in [6.07, 6.45) is 2.84. The summed E-state index contributed by atoms with van der Waals surface area (Å²) < 4.78 is 19.5. The van der Waals surface area contributed by atoms with Crippen LogP contribution in [0, 0.1) is 17.7 Å². The molecule has 0 radical (unpaired) electrons. The molecule has 0 spiro atoms. The number of methoxy groups -OCH3 is 1. The normalized spacial score (nSPS) is 20.4. The van der Waals surface area contributed by atoms with E-state index in [1.54, 1.807) is 0 Å². The summed E-state index contributed by atoms with van der Waals surface area (Å²) in [6.45, 7) is 3.77. The Morgan fingerprint density at radius 2 is 1.92 bits per heavy atom. The van der Waals surface area contributed by atoms with E-state index in [1.807, 2.05) is 13.8 Å². The highest BCUT2D eigenvalue weighted by molar-refractivity contribution is 6.02. The van der Waals surface area contributed by atoms with E-state index in [1.165, 1.54) is 25.3 Å². The minimum atomic E-state index is -1.06. The standard InChI is InChI=1S/C25H32FN5O5/c1-25(2)11-13(22(33)31-25)9-16(21(27)32)29-23(34)17(8-12-4-5-12)30-24(35)18-10-14-19(36-3)7-6-15(26)20(14)28-18/h6-7,10,12-13,16-17,28H,4-5,8-9,11H2,1-3H3,(H2,27,32)(H,29,34)(H,30,35)(H,31,33)/t13-,16?,17?/m1/s1. The molecule has 3 atom stereocenters. The molecule has 2 unspecified atom stereocenters. The molecule has 2 heterocycles. The fraction of sp³-hybridized carbons (Fsp3) is 0.520. The average Bonchev–Trinajstić information content (AvgIpc) is 3.42. The number of halogens is 1. The van der Waals surface area contributed by atoms with Gasteiger partial charge >= 0.3 is 0 Å². The first-order valence-electron chi connectivity index (χ1n) is 12.0. The lowest BCUT2D eigenvalue weighted by Gasteiger charge is -2.23. The molecule has 1 saturated heterocycles. The van der Waals surface area contributed by atoms with Gasteiger partial charge in [-0.15, -0.1) is 0 Å². The van der Waals surface area contributed by atoms with Gasteiger partial charge in [0, 0.05) is 16.8 Å². The second-order valence-corrected chi connectivity index (χ2v) is 10.4. The first-order chi connectivity index (χ1) is 17.0. The number of fused-ring (bicyclic) bond motifs is 1. The number of H-pyrrole nitrogens is 1. The molecule has 36 heavy (non-hydrogen) atoms. The second kappa shape index (κ2) is 9.79. The van der Waals surface area contributed by atoms with Crippen LogP contribution in [0.3, 0.4) is 0 Å². The predicted molar refractivity (Wildman–Crippen MR) is 129 cm³/mol. The van der Waals surface area contributed by atoms with Crippen molar-refractivity contribution in [1.29, 1.82) is 0 Å². The summed E-state index contributed by atoms with van der Waals surface area (Å²) in [5.74, 6) is -2.43. The molecule has 1 aliphatic carbocycles. The molecule has 2 fully saturated rings. The van der Waals surface area contributed by atoms with Crippen LogP contribution in [0.1, 0.15) is 56.4 Å². The number of rotatable bonds is 10. The number of nitrogens with two attached hydrogens (primary N) is 1. The third-order valence-corrected chi connectivity index (χ3v) is 6.82. The van der Waals surface area contributed by atoms with Crippen molar-refractivity contribution in [3.05, 3.63) is 29.7 Å². The van der Waals surface area contributed by atoms with E-state index in [0.29, 0.717) is 24.0 Å². The maximum absolute atomic E-state index is 14.3. The maximum Gasteiger partial charge on any atom is 0.268 e. The van der Waals surface area contributed by atoms with Crippen LogP contribution in [0.4, 0.5) is 4.39 Å². The number of aromatic nitrogens is 1. The fourth-order valence-electron chi connectivity index (χ4n) is 4.80. The van der Waals surface area contributed by atoms with Crippen molar-refractivity contribution in [2.24, 2.45) is 17.6 Å². The number of hydrogen-bond donors (Lipinski definition) is 5. The summed E-state index contributed by atoms with van der Waals surface area (Å²) in [7, 11) is 1.45. The molecule has 2 aliphatic rings. The van der Waals surface area contributed by atoms with E-state index < -0.39 is 47.1 Å². The maximum atomic E-state index is 14.3. The van der Waals surface area contributed by atoms with Crippen molar-refractivity contribution in [3.63, 3.8) is 0 Å². The Morgan fingerprint density at radius 3 is 2.50 bits per heavy atom. The van der Waals surface area contributed by atoms with Crippen LogP contribution in [0.25, 0.3) is 10.9 Å². The minimum Gasteiger partial charge on any atom is -0.496 e. The van der Waals surface area contributed by atoms with Crippen LogP contribution in [-0.2, 0) is 14.4 Å². The van der Waals surface area contributed by atoms with Crippen LogP contribution in [0.15, 0.2) is 18.2 Å². The summed E-state index contributed by atoms with van der Waals surface area (Å²) >= 11 is 0. The number of amides is 4. The molecule has 10 nitrogen and oxygen atoms in total. The number of nitrogens with one attached hydrogen (secondary N) is 4. The number of benzene rings is 1. The molecule has 1 aliphatic heterocycles. The van der Waals surface area contributed by atoms with Crippen molar-refractivity contribution >= 4 is 34.5 Å². The van der Waals surface area contributed by atoms with Crippen molar-refractivity contribution < 1.29 is 28.3 Å². The topological polar surface area (TPSA) is 155 Å². The minimum absolute atomic E-state index is 0.0679. The number of aromatic amines is 1. The van der Waals surface area contributed by atoms with Crippen molar-refractivity contribution in [3.8, 4) is 5.75 Å². The van der Waals surface area contributed by atoms with Gasteiger partial charge in [0.25, 0.3) is 5.91 Å². The van der Waals surface area contributed by atoms with Gasteiger partial charge in [-0.25, -0.2) is 4.39 Å². The summed E-state index contributed by atoms with van der Waals surface area (Å²) in [5.41, 5.74) is 5.32. The monoisotopic (exact) mass is 501 g/mol. The number of primary amides is 1. The molecule has 0 bridgehead atoms. The number of hydrogen-bond acceptors (Lipinski definition) is 5. The average molecular weight is 502 g/mol. The highest BCUT2D eigenvalue weighted by Crippen LogP contribution is 2.34. The van der Waals surface area contributed by atoms with Crippen LogP contribution < -0.4 is 26.4 Å². The van der Waals surface area contributed by atoms with Crippen LogP contribution in [-0.4, -0.2) is 53.3 Å². The summed E-state index contributed by atoms with van der Waals surface area (Å²) in [5, 5.41) is 8.61. The smallest absolute Gasteiger partial charge is 0.268 e. The molecule has 4 rings (SSSR count). The van der Waals surface area contributed by atoms with Crippen LogP contribution in [0.2, 0.25) is 0 Å². The second-order valence-electron chi connectivity index (χ2n) is 10.4. The third kappa shape index (κ3) is 5.60. The van der Waals surface area contributed by atoms with Gasteiger partial charge in [0.15, 0.2) is 0 Å². The Hall–Kier alpha value is -3.63. The third-order valence-electron chi connectivity index (χ3n) is 6.82.